The first kappa shape index (κ1) is 15.6. The normalized spacial score (nSPS) is 10.1. The highest BCUT2D eigenvalue weighted by molar-refractivity contribution is 6.43. The highest BCUT2D eigenvalue weighted by Crippen LogP contribution is 2.21. The van der Waals surface area contributed by atoms with Crippen LogP contribution in [0.4, 0.5) is 11.4 Å². The number of hydrogen-bond donors (Lipinski definition) is 3. The molecule has 0 unspecified atom stereocenters. The molecule has 3 N–H and O–H groups in total. The van der Waals surface area contributed by atoms with Crippen LogP contribution in [0.1, 0.15) is 16.7 Å². The van der Waals surface area contributed by atoms with E-state index in [2.05, 4.69) is 10.6 Å². The largest absolute Gasteiger partial charge is 0.508 e. The zero-order valence-corrected chi connectivity index (χ0v) is 12.7. The van der Waals surface area contributed by atoms with Crippen molar-refractivity contribution < 1.29 is 14.7 Å². The van der Waals surface area contributed by atoms with Gasteiger partial charge < -0.3 is 15.7 Å². The maximum absolute atomic E-state index is 12.0. The molecule has 2 aromatic carbocycles. The lowest BCUT2D eigenvalue weighted by molar-refractivity contribution is -0.133. The van der Waals surface area contributed by atoms with Gasteiger partial charge in [0, 0.05) is 11.4 Å². The van der Waals surface area contributed by atoms with E-state index in [-0.39, 0.29) is 5.75 Å². The summed E-state index contributed by atoms with van der Waals surface area (Å²) >= 11 is 0. The molecule has 0 spiro atoms. The molecule has 2 aromatic rings. The maximum atomic E-state index is 12.0. The van der Waals surface area contributed by atoms with Gasteiger partial charge in [-0.25, -0.2) is 0 Å². The number of amides is 2. The van der Waals surface area contributed by atoms with Gasteiger partial charge in [0.2, 0.25) is 0 Å². The molecule has 5 nitrogen and oxygen atoms in total. The molecule has 0 saturated carbocycles. The second kappa shape index (κ2) is 6.30. The van der Waals surface area contributed by atoms with Gasteiger partial charge in [0.15, 0.2) is 0 Å². The van der Waals surface area contributed by atoms with E-state index in [1.807, 2.05) is 26.0 Å². The number of phenolic OH excluding ortho intramolecular Hbond substituents is 1. The Morgan fingerprint density at radius 1 is 0.864 bits per heavy atom. The number of nitrogens with one attached hydrogen (secondary N) is 2. The van der Waals surface area contributed by atoms with Crippen LogP contribution in [-0.4, -0.2) is 16.9 Å². The average Bonchev–Trinajstić information content (AvgIpc) is 2.46. The number of anilines is 2. The summed E-state index contributed by atoms with van der Waals surface area (Å²) in [6.07, 6.45) is 0. The summed E-state index contributed by atoms with van der Waals surface area (Å²) in [4.78, 5) is 24.0. The second-order valence-corrected chi connectivity index (χ2v) is 5.15. The highest BCUT2D eigenvalue weighted by Gasteiger charge is 2.16. The Bertz CT molecular complexity index is 739. The number of carbonyl (C=O) groups excluding carboxylic acids is 2. The Balaban J connectivity index is 2.09. The number of phenols is 1. The molecular weight excluding hydrogens is 280 g/mol. The van der Waals surface area contributed by atoms with E-state index >= 15 is 0 Å². The van der Waals surface area contributed by atoms with Gasteiger partial charge >= 0.3 is 11.8 Å². The molecule has 0 saturated heterocycles. The molecule has 22 heavy (non-hydrogen) atoms. The molecule has 0 aliphatic carbocycles. The molecule has 2 amide bonds. The lowest BCUT2D eigenvalue weighted by Crippen LogP contribution is -2.29. The summed E-state index contributed by atoms with van der Waals surface area (Å²) in [7, 11) is 0. The van der Waals surface area contributed by atoms with Crippen LogP contribution in [-0.2, 0) is 9.59 Å². The Labute approximate surface area is 129 Å². The number of aromatic hydroxyl groups is 1. The summed E-state index contributed by atoms with van der Waals surface area (Å²) < 4.78 is 0. The van der Waals surface area contributed by atoms with Crippen molar-refractivity contribution in [1.29, 1.82) is 0 Å². The zero-order chi connectivity index (χ0) is 16.3. The molecule has 0 bridgehead atoms. The third-order valence-electron chi connectivity index (χ3n) is 3.52. The summed E-state index contributed by atoms with van der Waals surface area (Å²) in [6, 6.07) is 10.0. The summed E-state index contributed by atoms with van der Waals surface area (Å²) in [6.45, 7) is 5.55. The fourth-order valence-corrected chi connectivity index (χ4v) is 2.03. The standard InChI is InChI=1S/C17H18N2O3/c1-10-5-4-6-15(12(10)3)19-17(22)16(21)18-14-8-7-13(20)9-11(14)2/h4-9,20H,1-3H3,(H,18,21)(H,19,22). The molecule has 2 rings (SSSR count). The molecule has 0 radical (unpaired) electrons. The zero-order valence-electron chi connectivity index (χ0n) is 12.7. The van der Waals surface area contributed by atoms with Gasteiger partial charge in [-0.2, -0.15) is 0 Å². The summed E-state index contributed by atoms with van der Waals surface area (Å²) in [5, 5.41) is 14.5. The van der Waals surface area contributed by atoms with E-state index in [0.717, 1.165) is 11.1 Å². The van der Waals surface area contributed by atoms with Crippen LogP contribution < -0.4 is 10.6 Å². The first-order valence-corrected chi connectivity index (χ1v) is 6.86. The third kappa shape index (κ3) is 3.44. The third-order valence-corrected chi connectivity index (χ3v) is 3.52. The van der Waals surface area contributed by atoms with Crippen LogP contribution in [0.3, 0.4) is 0 Å². The smallest absolute Gasteiger partial charge is 0.314 e. The van der Waals surface area contributed by atoms with Crippen LogP contribution in [0, 0.1) is 20.8 Å². The number of aryl methyl sites for hydroxylation is 2. The van der Waals surface area contributed by atoms with E-state index in [0.29, 0.717) is 16.9 Å². The topological polar surface area (TPSA) is 78.4 Å². The summed E-state index contributed by atoms with van der Waals surface area (Å²) in [5.41, 5.74) is 3.73. The van der Waals surface area contributed by atoms with Gasteiger partial charge in [0.1, 0.15) is 5.75 Å². The van der Waals surface area contributed by atoms with Crippen molar-refractivity contribution in [2.24, 2.45) is 0 Å². The minimum absolute atomic E-state index is 0.107. The van der Waals surface area contributed by atoms with E-state index in [9.17, 15) is 14.7 Å². The first-order valence-electron chi connectivity index (χ1n) is 6.86. The fourth-order valence-electron chi connectivity index (χ4n) is 2.03. The molecule has 0 aliphatic heterocycles. The van der Waals surface area contributed by atoms with Gasteiger partial charge in [-0.1, -0.05) is 12.1 Å². The van der Waals surface area contributed by atoms with Crippen molar-refractivity contribution in [3.05, 3.63) is 53.1 Å². The van der Waals surface area contributed by atoms with E-state index in [1.165, 1.54) is 12.1 Å². The SMILES string of the molecule is Cc1cc(O)ccc1NC(=O)C(=O)Nc1cccc(C)c1C. The lowest BCUT2D eigenvalue weighted by atomic mass is 10.1. The van der Waals surface area contributed by atoms with Crippen molar-refractivity contribution in [2.45, 2.75) is 20.8 Å². The monoisotopic (exact) mass is 298 g/mol. The quantitative estimate of drug-likeness (QED) is 0.589. The Hall–Kier alpha value is -2.82. The van der Waals surface area contributed by atoms with E-state index < -0.39 is 11.8 Å². The molecular formula is C17H18N2O3. The van der Waals surface area contributed by atoms with Crippen LogP contribution in [0.2, 0.25) is 0 Å². The highest BCUT2D eigenvalue weighted by atomic mass is 16.3. The first-order chi connectivity index (χ1) is 10.4. The molecule has 0 fully saturated rings. The average molecular weight is 298 g/mol. The molecule has 5 heteroatoms. The van der Waals surface area contributed by atoms with E-state index in [4.69, 9.17) is 0 Å². The van der Waals surface area contributed by atoms with Crippen molar-refractivity contribution in [3.8, 4) is 5.75 Å². The van der Waals surface area contributed by atoms with Crippen LogP contribution >= 0.6 is 0 Å². The number of rotatable bonds is 2. The maximum Gasteiger partial charge on any atom is 0.314 e. The Morgan fingerprint density at radius 3 is 2.14 bits per heavy atom. The van der Waals surface area contributed by atoms with Gasteiger partial charge in [-0.05, 0) is 61.7 Å². The number of carbonyl (C=O) groups is 2. The van der Waals surface area contributed by atoms with Crippen molar-refractivity contribution in [1.82, 2.24) is 0 Å². The van der Waals surface area contributed by atoms with Crippen LogP contribution in [0.15, 0.2) is 36.4 Å². The number of benzene rings is 2. The molecule has 114 valence electrons. The van der Waals surface area contributed by atoms with Gasteiger partial charge in [0.05, 0.1) is 0 Å². The van der Waals surface area contributed by atoms with E-state index in [1.54, 1.807) is 19.1 Å². The van der Waals surface area contributed by atoms with Crippen LogP contribution in [0.25, 0.3) is 0 Å². The van der Waals surface area contributed by atoms with Gasteiger partial charge in [-0.3, -0.25) is 9.59 Å². The van der Waals surface area contributed by atoms with Crippen molar-refractivity contribution in [3.63, 3.8) is 0 Å². The minimum atomic E-state index is -0.755. The van der Waals surface area contributed by atoms with Crippen molar-refractivity contribution >= 4 is 23.2 Å². The molecule has 0 aromatic heterocycles. The van der Waals surface area contributed by atoms with Crippen molar-refractivity contribution in [2.75, 3.05) is 10.6 Å². The fraction of sp³-hybridized carbons (Fsp3) is 0.176. The number of hydrogen-bond acceptors (Lipinski definition) is 3. The Morgan fingerprint density at radius 2 is 1.50 bits per heavy atom. The lowest BCUT2D eigenvalue weighted by Gasteiger charge is -2.11. The minimum Gasteiger partial charge on any atom is -0.508 e. The van der Waals surface area contributed by atoms with Crippen LogP contribution in [0.5, 0.6) is 5.75 Å². The molecule has 0 heterocycles. The predicted octanol–water partition coefficient (Wildman–Crippen LogP) is 2.89. The predicted molar refractivity (Wildman–Crippen MR) is 86.0 cm³/mol. The summed E-state index contributed by atoms with van der Waals surface area (Å²) in [5.74, 6) is -1.38. The Kier molecular flexibility index (Phi) is 4.46. The van der Waals surface area contributed by atoms with Gasteiger partial charge in [-0.15, -0.1) is 0 Å². The second-order valence-electron chi connectivity index (χ2n) is 5.15. The van der Waals surface area contributed by atoms with Gasteiger partial charge in [0.25, 0.3) is 0 Å². The molecule has 0 atom stereocenters. The molecule has 0 aliphatic rings.